The van der Waals surface area contributed by atoms with E-state index in [0.29, 0.717) is 0 Å². The molecule has 0 bridgehead atoms. The van der Waals surface area contributed by atoms with Crippen LogP contribution in [-0.2, 0) is 6.42 Å². The van der Waals surface area contributed by atoms with Gasteiger partial charge < -0.3 is 8.82 Å². The van der Waals surface area contributed by atoms with Crippen molar-refractivity contribution < 1.29 is 4.42 Å². The lowest BCUT2D eigenvalue weighted by Gasteiger charge is -2.10. The van der Waals surface area contributed by atoms with Gasteiger partial charge in [0, 0.05) is 38.7 Å². The Morgan fingerprint density at radius 2 is 1.55 bits per heavy atom. The van der Waals surface area contributed by atoms with Crippen LogP contribution in [0.5, 0.6) is 0 Å². The minimum atomic E-state index is 0.828. The minimum absolute atomic E-state index is 0.828. The van der Waals surface area contributed by atoms with Gasteiger partial charge in [0.2, 0.25) is 0 Å². The third-order valence-corrected chi connectivity index (χ3v) is 8.93. The molecule has 0 unspecified atom stereocenters. The molecule has 3 heteroatoms. The summed E-state index contributed by atoms with van der Waals surface area (Å²) in [5, 5.41) is 7.34. The molecule has 0 saturated heterocycles. The molecule has 1 saturated carbocycles. The van der Waals surface area contributed by atoms with Crippen molar-refractivity contribution in [3.63, 3.8) is 0 Å². The predicted molar refractivity (Wildman–Crippen MR) is 157 cm³/mol. The van der Waals surface area contributed by atoms with Crippen molar-refractivity contribution in [2.75, 3.05) is 0 Å². The molecule has 8 aromatic rings. The topological polar surface area (TPSA) is 30.4 Å². The van der Waals surface area contributed by atoms with Crippen LogP contribution in [0.3, 0.4) is 0 Å². The molecule has 3 nitrogen and oxygen atoms in total. The number of benzene rings is 4. The number of hydrogen-bond donors (Lipinski definition) is 0. The average molecular weight is 491 g/mol. The van der Waals surface area contributed by atoms with Gasteiger partial charge in [0.15, 0.2) is 0 Å². The summed E-state index contributed by atoms with van der Waals surface area (Å²) in [7, 11) is 0. The highest BCUT2D eigenvalue weighted by Gasteiger charge is 2.23. The lowest BCUT2D eigenvalue weighted by atomic mass is 9.97. The lowest BCUT2D eigenvalue weighted by Crippen LogP contribution is -1.99. The maximum Gasteiger partial charge on any atom is 0.145 e. The van der Waals surface area contributed by atoms with Gasteiger partial charge in [-0.2, -0.15) is 0 Å². The molecular weight excluding hydrogens is 464 g/mol. The zero-order chi connectivity index (χ0) is 24.8. The number of para-hydroxylation sites is 2. The quantitative estimate of drug-likeness (QED) is 0.247. The van der Waals surface area contributed by atoms with Crippen LogP contribution >= 0.6 is 0 Å². The van der Waals surface area contributed by atoms with Gasteiger partial charge in [0.05, 0.1) is 27.6 Å². The van der Waals surface area contributed by atoms with Gasteiger partial charge in [-0.1, -0.05) is 68.1 Å². The number of furan rings is 1. The van der Waals surface area contributed by atoms with E-state index in [1.807, 2.05) is 12.3 Å². The van der Waals surface area contributed by atoms with Crippen LogP contribution in [-0.4, -0.2) is 9.38 Å². The second-order valence-electron chi connectivity index (χ2n) is 11.1. The molecule has 0 radical (unpaired) electrons. The fourth-order valence-corrected chi connectivity index (χ4v) is 7.20. The Bertz CT molecular complexity index is 2170. The highest BCUT2D eigenvalue weighted by molar-refractivity contribution is 6.32. The Morgan fingerprint density at radius 3 is 2.47 bits per heavy atom. The van der Waals surface area contributed by atoms with Gasteiger partial charge >= 0.3 is 0 Å². The summed E-state index contributed by atoms with van der Waals surface area (Å²) in [6.07, 6.45) is 8.66. The molecular formula is C35H26N2O. The van der Waals surface area contributed by atoms with Gasteiger partial charge in [0.1, 0.15) is 11.2 Å². The van der Waals surface area contributed by atoms with Gasteiger partial charge in [-0.3, -0.25) is 4.98 Å². The van der Waals surface area contributed by atoms with Crippen molar-refractivity contribution in [3.05, 3.63) is 96.7 Å². The SMILES string of the molecule is c1ccc2c(c1)oc1c2cc2c3cc(-c4cc(CC5CCCC5)ccn4)ccc3n3c4ccccc4c1c23. The van der Waals surface area contributed by atoms with Crippen LogP contribution in [0.4, 0.5) is 0 Å². The standard InChI is InChI=1S/C35H26N2O/c1-2-8-21(7-1)17-22-15-16-36-29(18-22)23-13-14-31-26(19-23)27-20-28-24-9-4-6-12-32(24)38-35(28)33-25-10-3-5-11-30(25)37(31)34(27)33/h3-6,9-16,18-21H,1-2,7-8,17H2. The average Bonchev–Trinajstić information content (AvgIpc) is 3.73. The Morgan fingerprint density at radius 1 is 0.737 bits per heavy atom. The normalized spacial score (nSPS) is 14.9. The van der Waals surface area contributed by atoms with Crippen LogP contribution in [0.1, 0.15) is 31.2 Å². The summed E-state index contributed by atoms with van der Waals surface area (Å²) in [5.41, 5.74) is 9.27. The molecule has 0 N–H and O–H groups in total. The molecule has 1 aliphatic carbocycles. The molecule has 0 amide bonds. The second kappa shape index (κ2) is 7.58. The fourth-order valence-electron chi connectivity index (χ4n) is 7.20. The van der Waals surface area contributed by atoms with Gasteiger partial charge in [-0.05, 0) is 60.4 Å². The summed E-state index contributed by atoms with van der Waals surface area (Å²) < 4.78 is 8.93. The smallest absolute Gasteiger partial charge is 0.145 e. The molecule has 4 aromatic heterocycles. The molecule has 4 heterocycles. The molecule has 9 rings (SSSR count). The van der Waals surface area contributed by atoms with E-state index in [1.165, 1.54) is 92.1 Å². The predicted octanol–water partition coefficient (Wildman–Crippen LogP) is 9.53. The molecule has 0 spiro atoms. The van der Waals surface area contributed by atoms with Crippen LogP contribution in [0, 0.1) is 5.92 Å². The van der Waals surface area contributed by atoms with E-state index in [0.717, 1.165) is 22.8 Å². The molecule has 0 atom stereocenters. The minimum Gasteiger partial charge on any atom is -0.455 e. The first-order chi connectivity index (χ1) is 18.8. The molecule has 4 aromatic carbocycles. The van der Waals surface area contributed by atoms with E-state index in [-0.39, 0.29) is 0 Å². The van der Waals surface area contributed by atoms with Crippen LogP contribution in [0.25, 0.3) is 71.3 Å². The summed E-state index contributed by atoms with van der Waals surface area (Å²) in [6, 6.07) is 30.8. The third kappa shape index (κ3) is 2.76. The van der Waals surface area contributed by atoms with Crippen molar-refractivity contribution >= 4 is 60.0 Å². The van der Waals surface area contributed by atoms with E-state index in [4.69, 9.17) is 9.40 Å². The zero-order valence-electron chi connectivity index (χ0n) is 21.1. The van der Waals surface area contributed by atoms with Crippen molar-refractivity contribution in [2.45, 2.75) is 32.1 Å². The van der Waals surface area contributed by atoms with Crippen molar-refractivity contribution in [1.29, 1.82) is 0 Å². The maximum atomic E-state index is 6.51. The van der Waals surface area contributed by atoms with E-state index < -0.39 is 0 Å². The number of nitrogens with zero attached hydrogens (tertiary/aromatic N) is 2. The molecule has 1 fully saturated rings. The second-order valence-corrected chi connectivity index (χ2v) is 11.1. The van der Waals surface area contributed by atoms with Crippen LogP contribution in [0.15, 0.2) is 95.5 Å². The molecule has 38 heavy (non-hydrogen) atoms. The fraction of sp³-hybridized carbons (Fsp3) is 0.171. The van der Waals surface area contributed by atoms with Crippen LogP contribution in [0.2, 0.25) is 0 Å². The largest absolute Gasteiger partial charge is 0.455 e. The summed E-state index contributed by atoms with van der Waals surface area (Å²) in [6.45, 7) is 0. The first-order valence-corrected chi connectivity index (χ1v) is 13.8. The van der Waals surface area contributed by atoms with Gasteiger partial charge in [-0.15, -0.1) is 0 Å². The van der Waals surface area contributed by atoms with E-state index in [2.05, 4.69) is 83.3 Å². The number of aromatic nitrogens is 2. The van der Waals surface area contributed by atoms with Gasteiger partial charge in [0.25, 0.3) is 0 Å². The molecule has 182 valence electrons. The number of rotatable bonds is 3. The summed E-state index contributed by atoms with van der Waals surface area (Å²) >= 11 is 0. The third-order valence-electron chi connectivity index (χ3n) is 8.93. The lowest BCUT2D eigenvalue weighted by molar-refractivity contribution is 0.546. The summed E-state index contributed by atoms with van der Waals surface area (Å²) in [5.74, 6) is 0.828. The van der Waals surface area contributed by atoms with E-state index in [9.17, 15) is 0 Å². The Hall–Kier alpha value is -4.37. The van der Waals surface area contributed by atoms with Crippen molar-refractivity contribution in [1.82, 2.24) is 9.38 Å². The van der Waals surface area contributed by atoms with Crippen LogP contribution < -0.4 is 0 Å². The maximum absolute atomic E-state index is 6.51. The highest BCUT2D eigenvalue weighted by Crippen LogP contribution is 2.46. The molecule has 1 aliphatic rings. The highest BCUT2D eigenvalue weighted by atomic mass is 16.3. The molecule has 0 aliphatic heterocycles. The van der Waals surface area contributed by atoms with Crippen molar-refractivity contribution in [2.24, 2.45) is 5.92 Å². The number of fused-ring (bicyclic) bond motifs is 10. The van der Waals surface area contributed by atoms with E-state index >= 15 is 0 Å². The monoisotopic (exact) mass is 490 g/mol. The van der Waals surface area contributed by atoms with Crippen molar-refractivity contribution in [3.8, 4) is 11.3 Å². The first kappa shape index (κ1) is 20.7. The number of pyridine rings is 1. The Balaban J connectivity index is 1.34. The van der Waals surface area contributed by atoms with E-state index in [1.54, 1.807) is 0 Å². The Kier molecular flexibility index (Phi) is 4.12. The van der Waals surface area contributed by atoms with Gasteiger partial charge in [-0.25, -0.2) is 0 Å². The first-order valence-electron chi connectivity index (χ1n) is 13.8. The number of hydrogen-bond acceptors (Lipinski definition) is 2. The zero-order valence-corrected chi connectivity index (χ0v) is 21.1. The Labute approximate surface area is 219 Å². The summed E-state index contributed by atoms with van der Waals surface area (Å²) in [4.78, 5) is 4.81.